The Morgan fingerprint density at radius 3 is 1.77 bits per heavy atom. The summed E-state index contributed by atoms with van der Waals surface area (Å²) in [5.74, 6) is 0. The third-order valence-electron chi connectivity index (χ3n) is 15.1. The van der Waals surface area contributed by atoms with Crippen LogP contribution in [0.25, 0.3) is 22.3 Å². The van der Waals surface area contributed by atoms with E-state index in [0.29, 0.717) is 11.4 Å². The fourth-order valence-corrected chi connectivity index (χ4v) is 11.4. The molecule has 342 valence electrons. The second-order valence-electron chi connectivity index (χ2n) is 22.0. The summed E-state index contributed by atoms with van der Waals surface area (Å²) in [7, 11) is 0. The van der Waals surface area contributed by atoms with Gasteiger partial charge in [-0.05, 0) is 163 Å². The van der Waals surface area contributed by atoms with Crippen LogP contribution >= 0.6 is 0 Å². The molecule has 3 aliphatic rings. The van der Waals surface area contributed by atoms with Crippen molar-refractivity contribution in [2.75, 3.05) is 14.7 Å². The molecule has 0 N–H and O–H groups in total. The third kappa shape index (κ3) is 7.02. The highest BCUT2D eigenvalue weighted by molar-refractivity contribution is 7.00. The molecule has 1 aliphatic carbocycles. The van der Waals surface area contributed by atoms with Crippen molar-refractivity contribution in [3.05, 3.63) is 228 Å². The number of benzene rings is 9. The monoisotopic (exact) mass is 911 g/mol. The molecule has 4 heteroatoms. The Morgan fingerprint density at radius 1 is 0.471 bits per heavy atom. The van der Waals surface area contributed by atoms with Crippen LogP contribution in [0.15, 0.2) is 200 Å². The number of rotatable bonds is 6. The minimum absolute atomic E-state index is 0.00781. The highest BCUT2D eigenvalue weighted by Crippen LogP contribution is 2.52. The molecule has 0 unspecified atom stereocenters. The lowest BCUT2D eigenvalue weighted by Gasteiger charge is -2.45. The van der Waals surface area contributed by atoms with Gasteiger partial charge in [-0.25, -0.2) is 0 Å². The Kier molecular flexibility index (Phi) is 8.76. The standard InChI is InChI=1S/C66H60BN3/c1-43-38-61-63-62(39-43)70(51-33-35-54-53-22-16-17-23-55(53)66(8,9)56(54)41-51)60-42-52(68(48-20-14-11-15-21-48)49-29-24-45(25-30-49)44-18-12-10-13-19-44)34-36-57(60)67(63)58-40-47(65(5,6)7)28-37-59(58)69(61)50-31-26-46(27-32-50)64(2,3)4/h10-42H,1-9H3/i11D,14D,15D,20D,21D. The van der Waals surface area contributed by atoms with Crippen molar-refractivity contribution in [3.8, 4) is 22.3 Å². The van der Waals surface area contributed by atoms with Gasteiger partial charge in [0.15, 0.2) is 0 Å². The van der Waals surface area contributed by atoms with Gasteiger partial charge in [-0.3, -0.25) is 0 Å². The van der Waals surface area contributed by atoms with E-state index in [4.69, 9.17) is 4.11 Å². The van der Waals surface area contributed by atoms with Crippen molar-refractivity contribution in [1.82, 2.24) is 0 Å². The third-order valence-corrected chi connectivity index (χ3v) is 15.1. The van der Waals surface area contributed by atoms with Gasteiger partial charge in [0.1, 0.15) is 0 Å². The molecule has 9 aromatic carbocycles. The van der Waals surface area contributed by atoms with Gasteiger partial charge in [-0.2, -0.15) is 0 Å². The lowest BCUT2D eigenvalue weighted by atomic mass is 9.33. The van der Waals surface area contributed by atoms with Gasteiger partial charge < -0.3 is 14.7 Å². The number of anilines is 9. The quantitative estimate of drug-likeness (QED) is 0.154. The zero-order chi connectivity index (χ0) is 52.6. The number of nitrogens with zero attached hydrogens (tertiary/aromatic N) is 3. The van der Waals surface area contributed by atoms with Crippen molar-refractivity contribution in [3.63, 3.8) is 0 Å². The first-order chi connectivity index (χ1) is 35.7. The Bertz CT molecular complexity index is 3770. The zero-order valence-corrected chi connectivity index (χ0v) is 41.6. The minimum atomic E-state index is -0.431. The predicted octanol–water partition coefficient (Wildman–Crippen LogP) is 16.1. The van der Waals surface area contributed by atoms with Crippen molar-refractivity contribution >= 4 is 74.3 Å². The minimum Gasteiger partial charge on any atom is -0.311 e. The largest absolute Gasteiger partial charge is 0.311 e. The maximum atomic E-state index is 9.43. The van der Waals surface area contributed by atoms with Gasteiger partial charge in [-0.1, -0.05) is 177 Å². The number of para-hydroxylation sites is 1. The molecular formula is C66H60BN3. The average molecular weight is 911 g/mol. The van der Waals surface area contributed by atoms with Crippen LogP contribution in [0.2, 0.25) is 0 Å². The van der Waals surface area contributed by atoms with Gasteiger partial charge in [0.05, 0.1) is 6.85 Å². The summed E-state index contributed by atoms with van der Waals surface area (Å²) < 4.78 is 45.3. The van der Waals surface area contributed by atoms with Gasteiger partial charge >= 0.3 is 0 Å². The molecule has 0 aromatic heterocycles. The van der Waals surface area contributed by atoms with Crippen LogP contribution in [0.1, 0.15) is 90.1 Å². The highest BCUT2D eigenvalue weighted by atomic mass is 15.2. The topological polar surface area (TPSA) is 9.72 Å². The maximum absolute atomic E-state index is 9.43. The molecule has 0 radical (unpaired) electrons. The normalized spacial score (nSPS) is 15.1. The van der Waals surface area contributed by atoms with Crippen LogP contribution in [-0.4, -0.2) is 6.71 Å². The molecule has 2 aliphatic heterocycles. The van der Waals surface area contributed by atoms with Gasteiger partial charge in [0.2, 0.25) is 0 Å². The maximum Gasteiger partial charge on any atom is 0.252 e. The summed E-state index contributed by atoms with van der Waals surface area (Å²) in [6, 6.07) is 59.5. The Labute approximate surface area is 422 Å². The molecule has 0 spiro atoms. The van der Waals surface area contributed by atoms with Crippen LogP contribution in [0.5, 0.6) is 0 Å². The van der Waals surface area contributed by atoms with Gasteiger partial charge in [0.25, 0.3) is 6.71 Å². The summed E-state index contributed by atoms with van der Waals surface area (Å²) in [5.41, 5.74) is 21.6. The summed E-state index contributed by atoms with van der Waals surface area (Å²) in [4.78, 5) is 6.75. The molecule has 0 saturated heterocycles. The molecule has 2 heterocycles. The summed E-state index contributed by atoms with van der Waals surface area (Å²) in [5, 5.41) is 0. The summed E-state index contributed by atoms with van der Waals surface area (Å²) in [6.07, 6.45) is 0. The fraction of sp³-hybridized carbons (Fsp3) is 0.182. The van der Waals surface area contributed by atoms with E-state index < -0.39 is 6.04 Å². The fourth-order valence-electron chi connectivity index (χ4n) is 11.4. The van der Waals surface area contributed by atoms with Crippen LogP contribution < -0.4 is 31.1 Å². The molecular weight excluding hydrogens is 846 g/mol. The predicted molar refractivity (Wildman–Crippen MR) is 300 cm³/mol. The number of aryl methyl sites for hydroxylation is 1. The van der Waals surface area contributed by atoms with Crippen molar-refractivity contribution < 1.29 is 6.85 Å². The van der Waals surface area contributed by atoms with E-state index in [0.717, 1.165) is 56.3 Å². The first-order valence-electron chi connectivity index (χ1n) is 27.1. The average Bonchev–Trinajstić information content (AvgIpc) is 3.62. The van der Waals surface area contributed by atoms with Crippen LogP contribution in [0.3, 0.4) is 0 Å². The van der Waals surface area contributed by atoms with E-state index >= 15 is 0 Å². The van der Waals surface area contributed by atoms with E-state index in [1.54, 1.807) is 0 Å². The first-order valence-corrected chi connectivity index (χ1v) is 24.6. The van der Waals surface area contributed by atoms with E-state index in [1.807, 2.05) is 47.4 Å². The second kappa shape index (κ2) is 16.0. The SMILES string of the molecule is [2H]c1c([2H])c([2H])c(N(c2ccc(-c3ccccc3)cc2)c2ccc3c(c2)N(c2ccc4c(c2)C(C)(C)c2ccccc2-4)c2cc(C)cc4c2B3c2cc(C(C)(C)C)ccc2N4c2ccc(C(C)(C)C)cc2)c([2H])c1[2H]. The van der Waals surface area contributed by atoms with E-state index in [-0.39, 0.29) is 52.8 Å². The molecule has 0 fully saturated rings. The van der Waals surface area contributed by atoms with Crippen LogP contribution in [0.4, 0.5) is 51.2 Å². The Balaban J connectivity index is 1.15. The zero-order valence-electron chi connectivity index (χ0n) is 46.6. The molecule has 3 nitrogen and oxygen atoms in total. The smallest absolute Gasteiger partial charge is 0.252 e. The summed E-state index contributed by atoms with van der Waals surface area (Å²) >= 11 is 0. The highest BCUT2D eigenvalue weighted by Gasteiger charge is 2.45. The number of hydrogen-bond donors (Lipinski definition) is 0. The van der Waals surface area contributed by atoms with E-state index in [1.165, 1.54) is 44.3 Å². The lowest BCUT2D eigenvalue weighted by molar-refractivity contribution is 0.590. The lowest BCUT2D eigenvalue weighted by Crippen LogP contribution is -2.61. The number of fused-ring (bicyclic) bond motifs is 7. The van der Waals surface area contributed by atoms with Gasteiger partial charge in [0, 0.05) is 56.6 Å². The molecule has 0 saturated carbocycles. The Hall–Kier alpha value is -7.56. The molecule has 12 rings (SSSR count). The molecule has 0 amide bonds. The molecule has 0 atom stereocenters. The molecule has 9 aromatic rings. The van der Waals surface area contributed by atoms with E-state index in [2.05, 4.69) is 200 Å². The molecule has 70 heavy (non-hydrogen) atoms. The van der Waals surface area contributed by atoms with Crippen LogP contribution in [-0.2, 0) is 16.2 Å². The summed E-state index contributed by atoms with van der Waals surface area (Å²) in [6.45, 7) is 20.3. The first kappa shape index (κ1) is 38.3. The van der Waals surface area contributed by atoms with Gasteiger partial charge in [-0.15, -0.1) is 0 Å². The second-order valence-corrected chi connectivity index (χ2v) is 22.0. The number of hydrogen-bond acceptors (Lipinski definition) is 3. The molecule has 0 bridgehead atoms. The van der Waals surface area contributed by atoms with Crippen molar-refractivity contribution in [1.29, 1.82) is 0 Å². The van der Waals surface area contributed by atoms with E-state index in [9.17, 15) is 2.74 Å². The van der Waals surface area contributed by atoms with Crippen molar-refractivity contribution in [2.45, 2.75) is 78.6 Å². The van der Waals surface area contributed by atoms with Crippen LogP contribution in [0, 0.1) is 6.92 Å². The Morgan fingerprint density at radius 2 is 1.07 bits per heavy atom. The van der Waals surface area contributed by atoms with Crippen molar-refractivity contribution in [2.24, 2.45) is 0 Å².